The van der Waals surface area contributed by atoms with Crippen molar-refractivity contribution in [3.63, 3.8) is 0 Å². The Morgan fingerprint density at radius 3 is 1.23 bits per heavy atom. The number of allylic oxidation sites excluding steroid dienone is 18. The second-order valence-electron chi connectivity index (χ2n) is 17.7. The highest BCUT2D eigenvalue weighted by Gasteiger charge is 2.26. The van der Waals surface area contributed by atoms with E-state index < -0.39 is 32.5 Å². The van der Waals surface area contributed by atoms with Crippen LogP contribution in [0.25, 0.3) is 0 Å². The SMILES string of the molecule is CC/C=C\C/C=C\C/C=C\C/C=C\C/C=C\C/C=C\C/C=C\C/C=C\CCCCC(=O)OC(COC(=O)CCCCCCCCCCC/C=C\CCCCCCCCCC)COP(=O)(O)OCCN. The molecule has 0 aromatic carbocycles. The van der Waals surface area contributed by atoms with Crippen molar-refractivity contribution in [3.05, 3.63) is 109 Å². The van der Waals surface area contributed by atoms with Crippen LogP contribution >= 0.6 is 7.82 Å². The molecule has 0 aromatic heterocycles. The van der Waals surface area contributed by atoms with E-state index in [0.29, 0.717) is 6.42 Å². The highest BCUT2D eigenvalue weighted by atomic mass is 31.2. The summed E-state index contributed by atoms with van der Waals surface area (Å²) in [5.74, 6) is -0.886. The zero-order chi connectivity index (χ0) is 50.2. The summed E-state index contributed by atoms with van der Waals surface area (Å²) in [6.07, 6.45) is 72.8. The van der Waals surface area contributed by atoms with E-state index in [2.05, 4.69) is 123 Å². The van der Waals surface area contributed by atoms with E-state index in [1.165, 1.54) is 96.3 Å². The topological polar surface area (TPSA) is 134 Å². The molecule has 0 aliphatic heterocycles. The first-order chi connectivity index (χ1) is 33.8. The van der Waals surface area contributed by atoms with Gasteiger partial charge in [-0.15, -0.1) is 0 Å². The number of phosphoric acid groups is 1. The quantitative estimate of drug-likeness (QED) is 0.0264. The summed E-state index contributed by atoms with van der Waals surface area (Å²) in [6.45, 7) is 3.57. The molecule has 0 bridgehead atoms. The number of unbranched alkanes of at least 4 members (excludes halogenated alkanes) is 19. The number of hydrogen-bond acceptors (Lipinski definition) is 8. The molecule has 0 radical (unpaired) electrons. The Morgan fingerprint density at radius 1 is 0.449 bits per heavy atom. The van der Waals surface area contributed by atoms with Crippen LogP contribution in [0.4, 0.5) is 0 Å². The number of carbonyl (C=O) groups is 2. The maximum Gasteiger partial charge on any atom is 0.472 e. The van der Waals surface area contributed by atoms with Crippen LogP contribution in [-0.2, 0) is 32.7 Å². The third-order valence-corrected chi connectivity index (χ3v) is 12.1. The number of phosphoric ester groups is 1. The Morgan fingerprint density at radius 2 is 0.797 bits per heavy atom. The van der Waals surface area contributed by atoms with Crippen molar-refractivity contribution >= 4 is 19.8 Å². The first-order valence-electron chi connectivity index (χ1n) is 27.4. The molecule has 0 fully saturated rings. The molecule has 0 saturated carbocycles. The van der Waals surface area contributed by atoms with Crippen LogP contribution in [0.3, 0.4) is 0 Å². The van der Waals surface area contributed by atoms with E-state index in [1.54, 1.807) is 0 Å². The molecule has 0 aliphatic rings. The highest BCUT2D eigenvalue weighted by molar-refractivity contribution is 7.47. The molecule has 0 spiro atoms. The van der Waals surface area contributed by atoms with E-state index in [4.69, 9.17) is 24.3 Å². The van der Waals surface area contributed by atoms with E-state index >= 15 is 0 Å². The Hall–Kier alpha value is -3.33. The van der Waals surface area contributed by atoms with Gasteiger partial charge in [-0.1, -0.05) is 213 Å². The highest BCUT2D eigenvalue weighted by Crippen LogP contribution is 2.43. The fourth-order valence-electron chi connectivity index (χ4n) is 7.12. The molecule has 10 heteroatoms. The summed E-state index contributed by atoms with van der Waals surface area (Å²) in [6, 6.07) is 0. The number of nitrogens with two attached hydrogens (primary N) is 1. The Bertz CT molecular complexity index is 1490. The van der Waals surface area contributed by atoms with Crippen LogP contribution in [0.5, 0.6) is 0 Å². The monoisotopic (exact) mass is 982 g/mol. The summed E-state index contributed by atoms with van der Waals surface area (Å²) >= 11 is 0. The maximum absolute atomic E-state index is 12.7. The molecule has 394 valence electrons. The van der Waals surface area contributed by atoms with Gasteiger partial charge in [0.1, 0.15) is 6.61 Å². The maximum atomic E-state index is 12.7. The summed E-state index contributed by atoms with van der Waals surface area (Å²) < 4.78 is 32.9. The van der Waals surface area contributed by atoms with E-state index in [9.17, 15) is 19.0 Å². The van der Waals surface area contributed by atoms with Gasteiger partial charge in [0, 0.05) is 19.4 Å². The molecule has 0 saturated heterocycles. The predicted octanol–water partition coefficient (Wildman–Crippen LogP) is 17.1. The predicted molar refractivity (Wildman–Crippen MR) is 293 cm³/mol. The van der Waals surface area contributed by atoms with Crippen molar-refractivity contribution in [2.75, 3.05) is 26.4 Å². The van der Waals surface area contributed by atoms with Crippen LogP contribution in [0.1, 0.15) is 219 Å². The molecule has 2 atom stereocenters. The minimum Gasteiger partial charge on any atom is -0.462 e. The molecule has 69 heavy (non-hydrogen) atoms. The average molecular weight is 982 g/mol. The largest absolute Gasteiger partial charge is 0.472 e. The number of rotatable bonds is 50. The lowest BCUT2D eigenvalue weighted by Crippen LogP contribution is -2.29. The van der Waals surface area contributed by atoms with Crippen molar-refractivity contribution in [2.45, 2.75) is 225 Å². The molecule has 0 aliphatic carbocycles. The minimum atomic E-state index is -4.41. The zero-order valence-electron chi connectivity index (χ0n) is 43.8. The Balaban J connectivity index is 4.15. The normalized spacial score (nSPS) is 14.0. The van der Waals surface area contributed by atoms with Gasteiger partial charge >= 0.3 is 19.8 Å². The number of carbonyl (C=O) groups excluding carboxylic acids is 2. The van der Waals surface area contributed by atoms with E-state index in [0.717, 1.165) is 89.9 Å². The van der Waals surface area contributed by atoms with Gasteiger partial charge < -0.3 is 20.1 Å². The first kappa shape index (κ1) is 65.7. The molecule has 0 heterocycles. The minimum absolute atomic E-state index is 0.0401. The van der Waals surface area contributed by atoms with Crippen molar-refractivity contribution < 1.29 is 37.6 Å². The van der Waals surface area contributed by atoms with Gasteiger partial charge in [0.25, 0.3) is 0 Å². The van der Waals surface area contributed by atoms with Gasteiger partial charge in [0.2, 0.25) is 0 Å². The molecule has 0 amide bonds. The van der Waals surface area contributed by atoms with Gasteiger partial charge in [-0.3, -0.25) is 18.6 Å². The number of ether oxygens (including phenoxy) is 2. The van der Waals surface area contributed by atoms with Crippen LogP contribution < -0.4 is 5.73 Å². The summed E-state index contributed by atoms with van der Waals surface area (Å²) in [4.78, 5) is 35.1. The van der Waals surface area contributed by atoms with E-state index in [-0.39, 0.29) is 32.6 Å². The fourth-order valence-corrected chi connectivity index (χ4v) is 7.88. The van der Waals surface area contributed by atoms with Crippen molar-refractivity contribution in [1.82, 2.24) is 0 Å². The van der Waals surface area contributed by atoms with Gasteiger partial charge in [0.05, 0.1) is 13.2 Å². The molecule has 0 aromatic rings. The summed E-state index contributed by atoms with van der Waals surface area (Å²) in [5, 5.41) is 0. The number of hydrogen-bond donors (Lipinski definition) is 2. The zero-order valence-corrected chi connectivity index (χ0v) is 44.6. The van der Waals surface area contributed by atoms with E-state index in [1.807, 2.05) is 0 Å². The fraction of sp³-hybridized carbons (Fsp3) is 0.661. The van der Waals surface area contributed by atoms with Crippen LogP contribution in [0.15, 0.2) is 109 Å². The molecule has 3 N–H and O–H groups in total. The van der Waals surface area contributed by atoms with Gasteiger partial charge in [0.15, 0.2) is 6.10 Å². The number of esters is 2. The van der Waals surface area contributed by atoms with Crippen LogP contribution in [0.2, 0.25) is 0 Å². The molecule has 9 nitrogen and oxygen atoms in total. The summed E-state index contributed by atoms with van der Waals surface area (Å²) in [7, 11) is -4.41. The summed E-state index contributed by atoms with van der Waals surface area (Å²) in [5.41, 5.74) is 5.37. The van der Waals surface area contributed by atoms with Crippen molar-refractivity contribution in [3.8, 4) is 0 Å². The lowest BCUT2D eigenvalue weighted by molar-refractivity contribution is -0.161. The standard InChI is InChI=1S/C59H100NO8P/c1-3-5-7-9-11-13-15-17-19-21-23-25-26-27-28-29-30-32-34-36-38-40-42-44-46-48-50-52-59(62)68-57(56-67-69(63,64)66-54-53-60)55-65-58(61)51-49-47-45-43-41-39-37-35-33-31-24-22-20-18-16-14-12-10-8-6-4-2/h5,7,11,13,17,19,22-25,27-28,30,32,36,38,42,44,57H,3-4,6,8-10,12,14-16,18,20-21,26,29,31,33-35,37,39-41,43,45-56,60H2,1-2H3,(H,63,64)/b7-5-,13-11-,19-17-,24-22-,25-23-,28-27-,32-30-,38-36-,44-42-. The Labute approximate surface area is 422 Å². The van der Waals surface area contributed by atoms with Gasteiger partial charge in [-0.2, -0.15) is 0 Å². The first-order valence-corrected chi connectivity index (χ1v) is 28.9. The lowest BCUT2D eigenvalue weighted by Gasteiger charge is -2.19. The van der Waals surface area contributed by atoms with Crippen molar-refractivity contribution in [2.24, 2.45) is 5.73 Å². The third kappa shape index (κ3) is 53.9. The smallest absolute Gasteiger partial charge is 0.462 e. The second-order valence-corrected chi connectivity index (χ2v) is 19.2. The molecule has 0 rings (SSSR count). The lowest BCUT2D eigenvalue weighted by atomic mass is 10.1. The van der Waals surface area contributed by atoms with Crippen LogP contribution in [0, 0.1) is 0 Å². The molecule has 2 unspecified atom stereocenters. The molecular weight excluding hydrogens is 882 g/mol. The van der Waals surface area contributed by atoms with Gasteiger partial charge in [-0.25, -0.2) is 4.57 Å². The van der Waals surface area contributed by atoms with Gasteiger partial charge in [-0.05, 0) is 103 Å². The average Bonchev–Trinajstić information content (AvgIpc) is 3.34. The van der Waals surface area contributed by atoms with Crippen LogP contribution in [-0.4, -0.2) is 49.3 Å². The second kappa shape index (κ2) is 54.0. The van der Waals surface area contributed by atoms with Crippen molar-refractivity contribution in [1.29, 1.82) is 0 Å². The third-order valence-electron chi connectivity index (χ3n) is 11.1. The molecular formula is C59H100NO8P. The Kier molecular flexibility index (Phi) is 51.4.